The Morgan fingerprint density at radius 2 is 1.69 bits per heavy atom. The van der Waals surface area contributed by atoms with Gasteiger partial charge in [-0.1, -0.05) is 0 Å². The number of anilines is 1. The second-order valence-electron chi connectivity index (χ2n) is 6.34. The number of benzene rings is 1. The fourth-order valence-corrected chi connectivity index (χ4v) is 2.84. The van der Waals surface area contributed by atoms with E-state index < -0.39 is 0 Å². The van der Waals surface area contributed by atoms with Gasteiger partial charge in [-0.3, -0.25) is 9.78 Å². The zero-order chi connectivity index (χ0) is 20.5. The van der Waals surface area contributed by atoms with Crippen molar-refractivity contribution in [1.82, 2.24) is 15.3 Å². The summed E-state index contributed by atoms with van der Waals surface area (Å²) in [5, 5.41) is 6.17. The first-order valence-corrected chi connectivity index (χ1v) is 9.27. The highest BCUT2D eigenvalue weighted by Crippen LogP contribution is 2.22. The lowest BCUT2D eigenvalue weighted by Crippen LogP contribution is -2.27. The van der Waals surface area contributed by atoms with Gasteiger partial charge >= 0.3 is 0 Å². The second kappa shape index (κ2) is 10.1. The first kappa shape index (κ1) is 20.1. The molecule has 0 aliphatic heterocycles. The molecule has 2 heterocycles. The number of carbonyl (C=O) groups is 1. The molecule has 0 saturated heterocycles. The molecule has 0 aliphatic carbocycles. The fraction of sp³-hybridized carbons (Fsp3) is 0.227. The minimum Gasteiger partial charge on any atom is -0.497 e. The van der Waals surface area contributed by atoms with E-state index in [9.17, 15) is 4.79 Å². The summed E-state index contributed by atoms with van der Waals surface area (Å²) < 4.78 is 10.6. The van der Waals surface area contributed by atoms with Crippen molar-refractivity contribution < 1.29 is 14.3 Å². The standard InChI is InChI=1S/C22H24N4O3/c1-28-18-12-17(13-19(14-18)29-2)7-11-25-22(27)20-4-3-8-24-21(20)26-15-16-5-9-23-10-6-16/h3-6,8-10,12-14H,7,11,15H2,1-2H3,(H,24,26)(H,25,27). The SMILES string of the molecule is COc1cc(CCNC(=O)c2cccnc2NCc2ccncc2)cc(OC)c1. The molecule has 7 heteroatoms. The molecule has 0 fully saturated rings. The van der Waals surface area contributed by atoms with Crippen LogP contribution in [0.2, 0.25) is 0 Å². The highest BCUT2D eigenvalue weighted by atomic mass is 16.5. The maximum absolute atomic E-state index is 12.7. The maximum Gasteiger partial charge on any atom is 0.255 e. The van der Waals surface area contributed by atoms with Gasteiger partial charge in [0.1, 0.15) is 17.3 Å². The Hall–Kier alpha value is -3.61. The summed E-state index contributed by atoms with van der Waals surface area (Å²) in [7, 11) is 3.23. The summed E-state index contributed by atoms with van der Waals surface area (Å²) in [4.78, 5) is 21.0. The second-order valence-corrected chi connectivity index (χ2v) is 6.34. The lowest BCUT2D eigenvalue weighted by atomic mass is 10.1. The van der Waals surface area contributed by atoms with Crippen molar-refractivity contribution in [2.24, 2.45) is 0 Å². The smallest absolute Gasteiger partial charge is 0.255 e. The fourth-order valence-electron chi connectivity index (χ4n) is 2.84. The average Bonchev–Trinajstić information content (AvgIpc) is 2.78. The molecule has 0 spiro atoms. The van der Waals surface area contributed by atoms with E-state index >= 15 is 0 Å². The molecule has 2 aromatic heterocycles. The van der Waals surface area contributed by atoms with Crippen molar-refractivity contribution in [3.8, 4) is 11.5 Å². The summed E-state index contributed by atoms with van der Waals surface area (Å²) in [6.07, 6.45) is 5.78. The predicted octanol–water partition coefficient (Wildman–Crippen LogP) is 3.08. The lowest BCUT2D eigenvalue weighted by Gasteiger charge is -2.12. The molecule has 7 nitrogen and oxygen atoms in total. The predicted molar refractivity (Wildman–Crippen MR) is 111 cm³/mol. The van der Waals surface area contributed by atoms with Gasteiger partial charge in [0.05, 0.1) is 19.8 Å². The maximum atomic E-state index is 12.7. The van der Waals surface area contributed by atoms with E-state index in [1.165, 1.54) is 0 Å². The van der Waals surface area contributed by atoms with Crippen molar-refractivity contribution in [1.29, 1.82) is 0 Å². The van der Waals surface area contributed by atoms with Crippen LogP contribution in [0.3, 0.4) is 0 Å². The van der Waals surface area contributed by atoms with Crippen LogP contribution in [-0.2, 0) is 13.0 Å². The monoisotopic (exact) mass is 392 g/mol. The molecule has 0 unspecified atom stereocenters. The summed E-state index contributed by atoms with van der Waals surface area (Å²) in [6, 6.07) is 13.0. The molecule has 0 radical (unpaired) electrons. The average molecular weight is 392 g/mol. The van der Waals surface area contributed by atoms with Crippen LogP contribution in [0, 0.1) is 0 Å². The van der Waals surface area contributed by atoms with Gasteiger partial charge < -0.3 is 20.1 Å². The van der Waals surface area contributed by atoms with Crippen LogP contribution in [0.4, 0.5) is 5.82 Å². The van der Waals surface area contributed by atoms with E-state index in [1.54, 1.807) is 44.9 Å². The van der Waals surface area contributed by atoms with Crippen molar-refractivity contribution in [2.75, 3.05) is 26.1 Å². The third-order valence-corrected chi connectivity index (χ3v) is 4.37. The zero-order valence-corrected chi connectivity index (χ0v) is 16.5. The van der Waals surface area contributed by atoms with Crippen LogP contribution in [0.15, 0.2) is 61.1 Å². The number of rotatable bonds is 9. The van der Waals surface area contributed by atoms with Gasteiger partial charge in [-0.25, -0.2) is 4.98 Å². The third kappa shape index (κ3) is 5.68. The number of methoxy groups -OCH3 is 2. The van der Waals surface area contributed by atoms with Gasteiger partial charge in [0, 0.05) is 37.7 Å². The van der Waals surface area contributed by atoms with E-state index in [0.717, 1.165) is 22.6 Å². The van der Waals surface area contributed by atoms with Crippen molar-refractivity contribution >= 4 is 11.7 Å². The van der Waals surface area contributed by atoms with E-state index in [4.69, 9.17) is 9.47 Å². The number of aromatic nitrogens is 2. The normalized spacial score (nSPS) is 10.3. The quantitative estimate of drug-likeness (QED) is 0.582. The lowest BCUT2D eigenvalue weighted by molar-refractivity contribution is 0.0954. The van der Waals surface area contributed by atoms with E-state index in [-0.39, 0.29) is 5.91 Å². The van der Waals surface area contributed by atoms with Gasteiger partial charge in [-0.15, -0.1) is 0 Å². The first-order chi connectivity index (χ1) is 14.2. The number of pyridine rings is 2. The largest absolute Gasteiger partial charge is 0.497 e. The molecule has 0 bridgehead atoms. The zero-order valence-electron chi connectivity index (χ0n) is 16.5. The highest BCUT2D eigenvalue weighted by molar-refractivity contribution is 5.98. The summed E-state index contributed by atoms with van der Waals surface area (Å²) in [5.41, 5.74) is 2.58. The van der Waals surface area contributed by atoms with E-state index in [1.807, 2.05) is 30.3 Å². The molecule has 0 atom stereocenters. The van der Waals surface area contributed by atoms with Crippen LogP contribution in [-0.4, -0.2) is 36.6 Å². The first-order valence-electron chi connectivity index (χ1n) is 9.27. The van der Waals surface area contributed by atoms with Gasteiger partial charge in [0.25, 0.3) is 5.91 Å². The number of amides is 1. The molecule has 1 amide bonds. The molecule has 150 valence electrons. The highest BCUT2D eigenvalue weighted by Gasteiger charge is 2.12. The minimum absolute atomic E-state index is 0.176. The molecule has 1 aromatic carbocycles. The van der Waals surface area contributed by atoms with Crippen LogP contribution in [0.5, 0.6) is 11.5 Å². The minimum atomic E-state index is -0.176. The van der Waals surface area contributed by atoms with Crippen LogP contribution in [0.1, 0.15) is 21.5 Å². The summed E-state index contributed by atoms with van der Waals surface area (Å²) in [6.45, 7) is 1.04. The number of nitrogens with one attached hydrogen (secondary N) is 2. The van der Waals surface area contributed by atoms with Crippen molar-refractivity contribution in [2.45, 2.75) is 13.0 Å². The topological polar surface area (TPSA) is 85.4 Å². The molecule has 3 aromatic rings. The Kier molecular flexibility index (Phi) is 7.00. The summed E-state index contributed by atoms with van der Waals surface area (Å²) >= 11 is 0. The summed E-state index contributed by atoms with van der Waals surface area (Å²) in [5.74, 6) is 1.82. The molecule has 0 saturated carbocycles. The third-order valence-electron chi connectivity index (χ3n) is 4.37. The number of nitrogens with zero attached hydrogens (tertiary/aromatic N) is 2. The number of ether oxygens (including phenoxy) is 2. The van der Waals surface area contributed by atoms with Crippen LogP contribution in [0.25, 0.3) is 0 Å². The Balaban J connectivity index is 1.60. The number of hydrogen-bond acceptors (Lipinski definition) is 6. The molecular formula is C22H24N4O3. The number of carbonyl (C=O) groups excluding carboxylic acids is 1. The molecule has 2 N–H and O–H groups in total. The Bertz CT molecular complexity index is 926. The molecule has 3 rings (SSSR count). The van der Waals surface area contributed by atoms with E-state index in [0.29, 0.717) is 30.9 Å². The molecular weight excluding hydrogens is 368 g/mol. The van der Waals surface area contributed by atoms with Crippen LogP contribution >= 0.6 is 0 Å². The molecule has 0 aliphatic rings. The Morgan fingerprint density at radius 1 is 0.966 bits per heavy atom. The van der Waals surface area contributed by atoms with Gasteiger partial charge in [0.15, 0.2) is 0 Å². The molecule has 29 heavy (non-hydrogen) atoms. The van der Waals surface area contributed by atoms with Gasteiger partial charge in [0.2, 0.25) is 0 Å². The number of hydrogen-bond donors (Lipinski definition) is 2. The Morgan fingerprint density at radius 3 is 2.38 bits per heavy atom. The van der Waals surface area contributed by atoms with E-state index in [2.05, 4.69) is 20.6 Å². The van der Waals surface area contributed by atoms with Crippen molar-refractivity contribution in [3.05, 3.63) is 77.7 Å². The van der Waals surface area contributed by atoms with Gasteiger partial charge in [-0.2, -0.15) is 0 Å². The Labute approximate surface area is 170 Å². The van der Waals surface area contributed by atoms with Crippen LogP contribution < -0.4 is 20.1 Å². The van der Waals surface area contributed by atoms with Gasteiger partial charge in [-0.05, 0) is 53.9 Å². The van der Waals surface area contributed by atoms with Crippen molar-refractivity contribution in [3.63, 3.8) is 0 Å².